The van der Waals surface area contributed by atoms with E-state index in [2.05, 4.69) is 18.3 Å². The van der Waals surface area contributed by atoms with Crippen LogP contribution in [0.4, 0.5) is 0 Å². The molecule has 0 aromatic heterocycles. The smallest absolute Gasteiger partial charge is 0.0456 e. The standard InChI is InChI=1S/C9H10ClN/c1-6-9-7(5-11-6)3-2-4-8(9)10/h2-4,6,11H,5H2,1H3. The maximum absolute atomic E-state index is 6.02. The van der Waals surface area contributed by atoms with E-state index >= 15 is 0 Å². The van der Waals surface area contributed by atoms with Crippen molar-refractivity contribution in [2.24, 2.45) is 0 Å². The van der Waals surface area contributed by atoms with Crippen molar-refractivity contribution in [1.82, 2.24) is 5.32 Å². The van der Waals surface area contributed by atoms with Gasteiger partial charge >= 0.3 is 0 Å². The summed E-state index contributed by atoms with van der Waals surface area (Å²) in [5, 5.41) is 4.23. The molecular weight excluding hydrogens is 158 g/mol. The third-order valence-corrected chi connectivity index (χ3v) is 2.50. The van der Waals surface area contributed by atoms with Gasteiger partial charge in [-0.05, 0) is 24.1 Å². The van der Waals surface area contributed by atoms with Crippen LogP contribution in [0.25, 0.3) is 0 Å². The number of hydrogen-bond donors (Lipinski definition) is 1. The van der Waals surface area contributed by atoms with Gasteiger partial charge in [-0.3, -0.25) is 0 Å². The van der Waals surface area contributed by atoms with E-state index in [1.54, 1.807) is 0 Å². The van der Waals surface area contributed by atoms with Gasteiger partial charge in [0.2, 0.25) is 0 Å². The Morgan fingerprint density at radius 2 is 2.36 bits per heavy atom. The monoisotopic (exact) mass is 167 g/mol. The minimum atomic E-state index is 0.415. The Labute approximate surface area is 71.4 Å². The first kappa shape index (κ1) is 7.14. The van der Waals surface area contributed by atoms with Crippen LogP contribution in [0, 0.1) is 0 Å². The lowest BCUT2D eigenvalue weighted by molar-refractivity contribution is 0.633. The van der Waals surface area contributed by atoms with Crippen molar-refractivity contribution in [3.8, 4) is 0 Å². The summed E-state index contributed by atoms with van der Waals surface area (Å²) >= 11 is 6.02. The summed E-state index contributed by atoms with van der Waals surface area (Å²) in [5.74, 6) is 0. The van der Waals surface area contributed by atoms with Gasteiger partial charge in [0.1, 0.15) is 0 Å². The molecule has 0 spiro atoms. The van der Waals surface area contributed by atoms with Crippen LogP contribution >= 0.6 is 11.6 Å². The van der Waals surface area contributed by atoms with E-state index < -0.39 is 0 Å². The van der Waals surface area contributed by atoms with Crippen LogP contribution in [0.2, 0.25) is 5.02 Å². The number of nitrogens with one attached hydrogen (secondary N) is 1. The van der Waals surface area contributed by atoms with Crippen LogP contribution in [0.3, 0.4) is 0 Å². The third kappa shape index (κ3) is 1.05. The molecule has 0 saturated carbocycles. The van der Waals surface area contributed by atoms with Gasteiger partial charge in [-0.25, -0.2) is 0 Å². The van der Waals surface area contributed by atoms with E-state index in [1.807, 2.05) is 12.1 Å². The second-order valence-electron chi connectivity index (χ2n) is 2.92. The molecule has 1 N–H and O–H groups in total. The highest BCUT2D eigenvalue weighted by atomic mass is 35.5. The Balaban J connectivity index is 2.58. The summed E-state index contributed by atoms with van der Waals surface area (Å²) in [6, 6.07) is 6.49. The van der Waals surface area contributed by atoms with Crippen LogP contribution in [0.15, 0.2) is 18.2 Å². The van der Waals surface area contributed by atoms with E-state index in [0.717, 1.165) is 11.6 Å². The van der Waals surface area contributed by atoms with Crippen molar-refractivity contribution in [2.45, 2.75) is 19.5 Å². The molecule has 2 heteroatoms. The highest BCUT2D eigenvalue weighted by Gasteiger charge is 2.19. The van der Waals surface area contributed by atoms with Gasteiger partial charge in [0, 0.05) is 17.6 Å². The topological polar surface area (TPSA) is 12.0 Å². The van der Waals surface area contributed by atoms with Crippen molar-refractivity contribution in [3.63, 3.8) is 0 Å². The van der Waals surface area contributed by atoms with E-state index in [1.165, 1.54) is 11.1 Å². The maximum Gasteiger partial charge on any atom is 0.0456 e. The Morgan fingerprint density at radius 1 is 1.55 bits per heavy atom. The molecule has 1 atom stereocenters. The van der Waals surface area contributed by atoms with E-state index in [-0.39, 0.29) is 0 Å². The molecule has 2 rings (SSSR count). The van der Waals surface area contributed by atoms with Crippen LogP contribution in [-0.2, 0) is 6.54 Å². The van der Waals surface area contributed by atoms with E-state index in [0.29, 0.717) is 6.04 Å². The van der Waals surface area contributed by atoms with Gasteiger partial charge < -0.3 is 5.32 Å². The number of rotatable bonds is 0. The molecule has 0 amide bonds. The van der Waals surface area contributed by atoms with Crippen molar-refractivity contribution >= 4 is 11.6 Å². The summed E-state index contributed by atoms with van der Waals surface area (Å²) in [6.07, 6.45) is 0. The fourth-order valence-electron chi connectivity index (χ4n) is 1.59. The molecular formula is C9H10ClN. The second-order valence-corrected chi connectivity index (χ2v) is 3.32. The third-order valence-electron chi connectivity index (χ3n) is 2.17. The highest BCUT2D eigenvalue weighted by Crippen LogP contribution is 2.30. The molecule has 1 nitrogen and oxygen atoms in total. The predicted octanol–water partition coefficient (Wildman–Crippen LogP) is 2.50. The fourth-order valence-corrected chi connectivity index (χ4v) is 1.94. The van der Waals surface area contributed by atoms with Crippen LogP contribution in [0.5, 0.6) is 0 Å². The maximum atomic E-state index is 6.02. The number of fused-ring (bicyclic) bond motifs is 1. The van der Waals surface area contributed by atoms with Gasteiger partial charge in [0.25, 0.3) is 0 Å². The lowest BCUT2D eigenvalue weighted by atomic mass is 10.1. The zero-order valence-corrected chi connectivity index (χ0v) is 7.15. The summed E-state index contributed by atoms with van der Waals surface area (Å²) in [5.41, 5.74) is 2.61. The van der Waals surface area contributed by atoms with Crippen LogP contribution in [-0.4, -0.2) is 0 Å². The lowest BCUT2D eigenvalue weighted by Crippen LogP contribution is -2.07. The molecule has 11 heavy (non-hydrogen) atoms. The van der Waals surface area contributed by atoms with Gasteiger partial charge in [-0.1, -0.05) is 23.7 Å². The van der Waals surface area contributed by atoms with Crippen molar-refractivity contribution < 1.29 is 0 Å². The number of benzene rings is 1. The Morgan fingerprint density at radius 3 is 3.09 bits per heavy atom. The van der Waals surface area contributed by atoms with Crippen LogP contribution < -0.4 is 5.32 Å². The molecule has 1 aromatic rings. The molecule has 0 saturated heterocycles. The van der Waals surface area contributed by atoms with Gasteiger partial charge in [-0.15, -0.1) is 0 Å². The predicted molar refractivity (Wildman–Crippen MR) is 46.7 cm³/mol. The minimum Gasteiger partial charge on any atom is -0.306 e. The van der Waals surface area contributed by atoms with Gasteiger partial charge in [0.05, 0.1) is 0 Å². The molecule has 1 heterocycles. The normalized spacial score (nSPS) is 21.8. The first-order chi connectivity index (χ1) is 5.29. The van der Waals surface area contributed by atoms with Crippen molar-refractivity contribution in [2.75, 3.05) is 0 Å². The number of halogens is 1. The van der Waals surface area contributed by atoms with Crippen molar-refractivity contribution in [3.05, 3.63) is 34.3 Å². The quantitative estimate of drug-likeness (QED) is 0.626. The molecule has 0 aliphatic carbocycles. The molecule has 0 bridgehead atoms. The first-order valence-electron chi connectivity index (χ1n) is 3.79. The SMILES string of the molecule is CC1NCc2cccc(Cl)c21. The summed E-state index contributed by atoms with van der Waals surface area (Å²) in [6.45, 7) is 3.09. The average molecular weight is 168 g/mol. The second kappa shape index (κ2) is 2.50. The molecule has 1 aliphatic rings. The van der Waals surface area contributed by atoms with Crippen molar-refractivity contribution in [1.29, 1.82) is 0 Å². The first-order valence-corrected chi connectivity index (χ1v) is 4.17. The molecule has 1 aromatic carbocycles. The summed E-state index contributed by atoms with van der Waals surface area (Å²) < 4.78 is 0. The average Bonchev–Trinajstić information content (AvgIpc) is 2.34. The largest absolute Gasteiger partial charge is 0.306 e. The minimum absolute atomic E-state index is 0.415. The zero-order chi connectivity index (χ0) is 7.84. The van der Waals surface area contributed by atoms with E-state index in [9.17, 15) is 0 Å². The Bertz CT molecular complexity index is 283. The lowest BCUT2D eigenvalue weighted by Gasteiger charge is -2.05. The highest BCUT2D eigenvalue weighted by molar-refractivity contribution is 6.31. The van der Waals surface area contributed by atoms with Crippen LogP contribution in [0.1, 0.15) is 24.1 Å². The summed E-state index contributed by atoms with van der Waals surface area (Å²) in [7, 11) is 0. The van der Waals surface area contributed by atoms with Gasteiger partial charge in [0.15, 0.2) is 0 Å². The van der Waals surface area contributed by atoms with Gasteiger partial charge in [-0.2, -0.15) is 0 Å². The Hall–Kier alpha value is -0.530. The summed E-state index contributed by atoms with van der Waals surface area (Å²) in [4.78, 5) is 0. The van der Waals surface area contributed by atoms with E-state index in [4.69, 9.17) is 11.6 Å². The molecule has 0 fully saturated rings. The molecule has 58 valence electrons. The molecule has 1 unspecified atom stereocenters. The fraction of sp³-hybridized carbons (Fsp3) is 0.333. The number of hydrogen-bond acceptors (Lipinski definition) is 1. The zero-order valence-electron chi connectivity index (χ0n) is 6.39. The molecule has 0 radical (unpaired) electrons. The Kier molecular flexibility index (Phi) is 1.63. The molecule has 1 aliphatic heterocycles.